The van der Waals surface area contributed by atoms with E-state index < -0.39 is 0 Å². The lowest BCUT2D eigenvalue weighted by Gasteiger charge is -2.09. The summed E-state index contributed by atoms with van der Waals surface area (Å²) in [5.41, 5.74) is 2.16. The van der Waals surface area contributed by atoms with Gasteiger partial charge in [-0.15, -0.1) is 0 Å². The van der Waals surface area contributed by atoms with Crippen LogP contribution in [0.25, 0.3) is 0 Å². The SMILES string of the molecule is CC(C)OCc1ccc(C(=O)NCC(=O)Nc2ccccc2Br)cc1. The fraction of sp³-hybridized carbons (Fsp3) is 0.263. The molecular weight excluding hydrogens is 384 g/mol. The Balaban J connectivity index is 1.83. The lowest BCUT2D eigenvalue weighted by molar-refractivity contribution is -0.115. The van der Waals surface area contributed by atoms with Crippen molar-refractivity contribution in [3.05, 3.63) is 64.1 Å². The number of hydrogen-bond donors (Lipinski definition) is 2. The molecule has 2 N–H and O–H groups in total. The first-order valence-electron chi connectivity index (χ1n) is 7.99. The van der Waals surface area contributed by atoms with E-state index >= 15 is 0 Å². The third kappa shape index (κ3) is 6.32. The van der Waals surface area contributed by atoms with Crippen LogP contribution >= 0.6 is 15.9 Å². The largest absolute Gasteiger partial charge is 0.374 e. The van der Waals surface area contributed by atoms with Gasteiger partial charge in [0.2, 0.25) is 5.91 Å². The summed E-state index contributed by atoms with van der Waals surface area (Å²) >= 11 is 3.36. The van der Waals surface area contributed by atoms with E-state index in [1.807, 2.05) is 44.2 Å². The summed E-state index contributed by atoms with van der Waals surface area (Å²) < 4.78 is 6.30. The zero-order valence-electron chi connectivity index (χ0n) is 14.2. The van der Waals surface area contributed by atoms with E-state index in [-0.39, 0.29) is 24.5 Å². The molecule has 0 aliphatic carbocycles. The van der Waals surface area contributed by atoms with Gasteiger partial charge in [-0.05, 0) is 59.6 Å². The highest BCUT2D eigenvalue weighted by atomic mass is 79.9. The third-order valence-corrected chi connectivity index (χ3v) is 4.05. The van der Waals surface area contributed by atoms with E-state index in [0.717, 1.165) is 10.0 Å². The number of anilines is 1. The molecule has 2 aromatic rings. The first-order valence-corrected chi connectivity index (χ1v) is 8.78. The Morgan fingerprint density at radius 2 is 1.76 bits per heavy atom. The number of nitrogens with one attached hydrogen (secondary N) is 2. The van der Waals surface area contributed by atoms with Gasteiger partial charge in [0.25, 0.3) is 5.91 Å². The minimum atomic E-state index is -0.293. The normalized spacial score (nSPS) is 10.6. The van der Waals surface area contributed by atoms with Crippen LogP contribution in [0.4, 0.5) is 5.69 Å². The van der Waals surface area contributed by atoms with Gasteiger partial charge in [-0.25, -0.2) is 0 Å². The van der Waals surface area contributed by atoms with Crippen LogP contribution in [0.2, 0.25) is 0 Å². The molecule has 0 fully saturated rings. The van der Waals surface area contributed by atoms with Crippen LogP contribution in [0, 0.1) is 0 Å². The Morgan fingerprint density at radius 3 is 2.40 bits per heavy atom. The van der Waals surface area contributed by atoms with Crippen molar-refractivity contribution in [1.82, 2.24) is 5.32 Å². The second kappa shape index (κ2) is 9.34. The van der Waals surface area contributed by atoms with Crippen LogP contribution < -0.4 is 10.6 Å². The van der Waals surface area contributed by atoms with Crippen molar-refractivity contribution in [1.29, 1.82) is 0 Å². The smallest absolute Gasteiger partial charge is 0.251 e. The van der Waals surface area contributed by atoms with E-state index in [1.165, 1.54) is 0 Å². The topological polar surface area (TPSA) is 67.4 Å². The van der Waals surface area contributed by atoms with Crippen molar-refractivity contribution in [2.45, 2.75) is 26.6 Å². The number of benzene rings is 2. The van der Waals surface area contributed by atoms with Crippen LogP contribution in [0.5, 0.6) is 0 Å². The lowest BCUT2D eigenvalue weighted by Crippen LogP contribution is -2.32. The minimum absolute atomic E-state index is 0.0988. The predicted molar refractivity (Wildman–Crippen MR) is 101 cm³/mol. The standard InChI is InChI=1S/C19H21BrN2O3/c1-13(2)25-12-14-7-9-15(10-8-14)19(24)21-11-18(23)22-17-6-4-3-5-16(17)20/h3-10,13H,11-12H2,1-2H3,(H,21,24)(H,22,23). The molecule has 0 bridgehead atoms. The molecule has 0 aliphatic heterocycles. The summed E-state index contributed by atoms with van der Waals surface area (Å²) in [4.78, 5) is 24.1. The molecule has 25 heavy (non-hydrogen) atoms. The molecule has 2 aromatic carbocycles. The Hall–Kier alpha value is -2.18. The summed E-state index contributed by atoms with van der Waals surface area (Å²) in [7, 11) is 0. The molecule has 0 unspecified atom stereocenters. The number of para-hydroxylation sites is 1. The van der Waals surface area contributed by atoms with E-state index in [0.29, 0.717) is 17.9 Å². The molecule has 0 atom stereocenters. The summed E-state index contributed by atoms with van der Waals surface area (Å²) in [6, 6.07) is 14.4. The highest BCUT2D eigenvalue weighted by Gasteiger charge is 2.09. The zero-order chi connectivity index (χ0) is 18.2. The number of carbonyl (C=O) groups is 2. The summed E-state index contributed by atoms with van der Waals surface area (Å²) in [5, 5.41) is 5.35. The first kappa shape index (κ1) is 19.1. The average Bonchev–Trinajstić information content (AvgIpc) is 2.60. The van der Waals surface area contributed by atoms with E-state index in [4.69, 9.17) is 4.74 Å². The molecule has 2 rings (SSSR count). The molecule has 2 amide bonds. The number of rotatable bonds is 7. The van der Waals surface area contributed by atoms with Crippen molar-refractivity contribution in [3.8, 4) is 0 Å². The van der Waals surface area contributed by atoms with E-state index in [9.17, 15) is 9.59 Å². The van der Waals surface area contributed by atoms with Gasteiger partial charge in [0.05, 0.1) is 24.9 Å². The van der Waals surface area contributed by atoms with Crippen LogP contribution in [-0.4, -0.2) is 24.5 Å². The summed E-state index contributed by atoms with van der Waals surface area (Å²) in [5.74, 6) is -0.583. The van der Waals surface area contributed by atoms with Crippen LogP contribution in [0.3, 0.4) is 0 Å². The Bertz CT molecular complexity index is 730. The van der Waals surface area contributed by atoms with Gasteiger partial charge in [-0.2, -0.15) is 0 Å². The van der Waals surface area contributed by atoms with Crippen molar-refractivity contribution >= 4 is 33.4 Å². The molecule has 6 heteroatoms. The van der Waals surface area contributed by atoms with Crippen molar-refractivity contribution < 1.29 is 14.3 Å². The van der Waals surface area contributed by atoms with E-state index in [2.05, 4.69) is 26.6 Å². The van der Waals surface area contributed by atoms with Crippen molar-refractivity contribution in [3.63, 3.8) is 0 Å². The summed E-state index contributed by atoms with van der Waals surface area (Å²) in [6.45, 7) is 4.36. The quantitative estimate of drug-likeness (QED) is 0.738. The minimum Gasteiger partial charge on any atom is -0.374 e. The van der Waals surface area contributed by atoms with Crippen LogP contribution in [0.15, 0.2) is 53.0 Å². The van der Waals surface area contributed by atoms with Gasteiger partial charge in [0.1, 0.15) is 0 Å². The van der Waals surface area contributed by atoms with Gasteiger partial charge in [0, 0.05) is 10.0 Å². The van der Waals surface area contributed by atoms with Gasteiger partial charge in [-0.1, -0.05) is 24.3 Å². The van der Waals surface area contributed by atoms with Gasteiger partial charge >= 0.3 is 0 Å². The molecule has 0 radical (unpaired) electrons. The molecule has 0 saturated carbocycles. The van der Waals surface area contributed by atoms with Gasteiger partial charge in [0.15, 0.2) is 0 Å². The second-order valence-corrected chi connectivity index (χ2v) is 6.62. The Morgan fingerprint density at radius 1 is 1.08 bits per heavy atom. The molecule has 0 aliphatic rings. The number of ether oxygens (including phenoxy) is 1. The van der Waals surface area contributed by atoms with Gasteiger partial charge in [-0.3, -0.25) is 9.59 Å². The predicted octanol–water partition coefficient (Wildman–Crippen LogP) is 3.74. The van der Waals surface area contributed by atoms with E-state index in [1.54, 1.807) is 18.2 Å². The van der Waals surface area contributed by atoms with Crippen LogP contribution in [0.1, 0.15) is 29.8 Å². The fourth-order valence-corrected chi connectivity index (χ4v) is 2.42. The fourth-order valence-electron chi connectivity index (χ4n) is 2.03. The third-order valence-electron chi connectivity index (χ3n) is 3.36. The number of carbonyl (C=O) groups excluding carboxylic acids is 2. The number of amides is 2. The maximum Gasteiger partial charge on any atom is 0.251 e. The summed E-state index contributed by atoms with van der Waals surface area (Å²) in [6.07, 6.45) is 0.158. The maximum absolute atomic E-state index is 12.1. The molecular formula is C19H21BrN2O3. The van der Waals surface area contributed by atoms with Crippen molar-refractivity contribution in [2.24, 2.45) is 0 Å². The lowest BCUT2D eigenvalue weighted by atomic mass is 10.1. The highest BCUT2D eigenvalue weighted by Crippen LogP contribution is 2.20. The van der Waals surface area contributed by atoms with Crippen LogP contribution in [-0.2, 0) is 16.1 Å². The molecule has 5 nitrogen and oxygen atoms in total. The maximum atomic E-state index is 12.1. The molecule has 0 aromatic heterocycles. The van der Waals surface area contributed by atoms with Gasteiger partial charge < -0.3 is 15.4 Å². The number of halogens is 1. The molecule has 0 spiro atoms. The Labute approximate surface area is 155 Å². The Kier molecular flexibility index (Phi) is 7.16. The second-order valence-electron chi connectivity index (χ2n) is 5.77. The highest BCUT2D eigenvalue weighted by molar-refractivity contribution is 9.10. The zero-order valence-corrected chi connectivity index (χ0v) is 15.8. The molecule has 0 saturated heterocycles. The monoisotopic (exact) mass is 404 g/mol. The first-order chi connectivity index (χ1) is 12.0. The average molecular weight is 405 g/mol. The van der Waals surface area contributed by atoms with Crippen molar-refractivity contribution in [2.75, 3.05) is 11.9 Å². The molecule has 132 valence electrons. The number of hydrogen-bond acceptors (Lipinski definition) is 3. The molecule has 0 heterocycles.